The summed E-state index contributed by atoms with van der Waals surface area (Å²) in [5.41, 5.74) is 4.19. The fraction of sp³-hybridized carbons (Fsp3) is 0.125. The van der Waals surface area contributed by atoms with Crippen LogP contribution in [0.1, 0.15) is 0 Å². The Morgan fingerprint density at radius 3 is 2.12 bits per heavy atom. The third-order valence-corrected chi connectivity index (χ3v) is 6.35. The molecule has 2 N–H and O–H groups in total. The molecule has 1 unspecified atom stereocenters. The molecule has 0 saturated carbocycles. The Hall–Kier alpha value is -2.64. The number of anilines is 1. The summed E-state index contributed by atoms with van der Waals surface area (Å²) in [6, 6.07) is 25.0. The predicted octanol–water partition coefficient (Wildman–Crippen LogP) is 6.08. The quantitative estimate of drug-likeness (QED) is 0.296. The summed E-state index contributed by atoms with van der Waals surface area (Å²) in [4.78, 5) is 4.76. The van der Waals surface area contributed by atoms with E-state index in [2.05, 4.69) is 15.5 Å². The second-order valence-electron chi connectivity index (χ2n) is 7.00. The van der Waals surface area contributed by atoms with Gasteiger partial charge in [-0.05, 0) is 18.2 Å². The lowest BCUT2D eigenvalue weighted by molar-refractivity contribution is 0.213. The average Bonchev–Trinajstić information content (AvgIpc) is 2.84. The first-order chi connectivity index (χ1) is 15.6. The lowest BCUT2D eigenvalue weighted by atomic mass is 10.0. The molecule has 1 aromatic heterocycles. The minimum Gasteiger partial charge on any atom is -0.390 e. The van der Waals surface area contributed by atoms with Crippen LogP contribution in [0.3, 0.4) is 0 Å². The summed E-state index contributed by atoms with van der Waals surface area (Å²) >= 11 is 13.3. The molecule has 0 saturated heterocycles. The number of thioether (sulfide) groups is 1. The monoisotopic (exact) mass is 482 g/mol. The fourth-order valence-corrected chi connectivity index (χ4v) is 4.04. The first-order valence-corrected chi connectivity index (χ1v) is 11.7. The Morgan fingerprint density at radius 2 is 1.47 bits per heavy atom. The van der Waals surface area contributed by atoms with E-state index >= 15 is 0 Å². The molecule has 0 amide bonds. The van der Waals surface area contributed by atoms with Crippen molar-refractivity contribution < 1.29 is 5.11 Å². The van der Waals surface area contributed by atoms with Gasteiger partial charge in [0.05, 0.1) is 16.1 Å². The normalized spacial score (nSPS) is 11.8. The molecule has 0 aliphatic carbocycles. The van der Waals surface area contributed by atoms with Crippen LogP contribution in [0.15, 0.2) is 84.0 Å². The van der Waals surface area contributed by atoms with Gasteiger partial charge in [-0.2, -0.15) is 0 Å². The van der Waals surface area contributed by atoms with E-state index in [9.17, 15) is 5.11 Å². The SMILES string of the molecule is OC(CNc1ccc(Cl)c(Cl)c1)CSc1nnc(-c2ccccc2)c(-c2ccccc2)n1. The molecule has 0 bridgehead atoms. The molecule has 5 nitrogen and oxygen atoms in total. The smallest absolute Gasteiger partial charge is 0.209 e. The number of aromatic nitrogens is 3. The zero-order valence-corrected chi connectivity index (χ0v) is 19.3. The Balaban J connectivity index is 1.46. The highest BCUT2D eigenvalue weighted by Crippen LogP contribution is 2.30. The van der Waals surface area contributed by atoms with E-state index in [-0.39, 0.29) is 0 Å². The number of halogens is 2. The van der Waals surface area contributed by atoms with E-state index < -0.39 is 6.10 Å². The van der Waals surface area contributed by atoms with Gasteiger partial charge in [-0.25, -0.2) is 4.98 Å². The predicted molar refractivity (Wildman–Crippen MR) is 132 cm³/mol. The summed E-state index contributed by atoms with van der Waals surface area (Å²) in [6.07, 6.45) is -0.618. The number of nitrogens with zero attached hydrogens (tertiary/aromatic N) is 3. The topological polar surface area (TPSA) is 70.9 Å². The van der Waals surface area contributed by atoms with Crippen LogP contribution in [0.4, 0.5) is 5.69 Å². The number of hydrogen-bond acceptors (Lipinski definition) is 6. The summed E-state index contributed by atoms with van der Waals surface area (Å²) in [6.45, 7) is 0.353. The number of aliphatic hydroxyl groups is 1. The van der Waals surface area contributed by atoms with Gasteiger partial charge in [0.2, 0.25) is 5.16 Å². The van der Waals surface area contributed by atoms with Gasteiger partial charge in [0, 0.05) is 29.1 Å². The largest absolute Gasteiger partial charge is 0.390 e. The maximum Gasteiger partial charge on any atom is 0.209 e. The van der Waals surface area contributed by atoms with Crippen LogP contribution in [-0.2, 0) is 0 Å². The van der Waals surface area contributed by atoms with Crippen LogP contribution in [0, 0.1) is 0 Å². The third-order valence-electron chi connectivity index (χ3n) is 4.63. The minimum absolute atomic E-state index is 0.353. The van der Waals surface area contributed by atoms with Crippen molar-refractivity contribution >= 4 is 40.7 Å². The zero-order chi connectivity index (χ0) is 22.3. The zero-order valence-electron chi connectivity index (χ0n) is 17.0. The van der Waals surface area contributed by atoms with Crippen molar-refractivity contribution in [2.45, 2.75) is 11.3 Å². The van der Waals surface area contributed by atoms with Crippen molar-refractivity contribution in [3.8, 4) is 22.5 Å². The maximum absolute atomic E-state index is 10.4. The molecule has 3 aromatic carbocycles. The van der Waals surface area contributed by atoms with Gasteiger partial charge >= 0.3 is 0 Å². The van der Waals surface area contributed by atoms with E-state index in [0.29, 0.717) is 27.5 Å². The Bertz CT molecular complexity index is 1180. The second-order valence-corrected chi connectivity index (χ2v) is 8.80. The molecule has 1 atom stereocenters. The van der Waals surface area contributed by atoms with Crippen LogP contribution >= 0.6 is 35.0 Å². The summed E-state index contributed by atoms with van der Waals surface area (Å²) in [7, 11) is 0. The van der Waals surface area contributed by atoms with Gasteiger partial charge in [0.1, 0.15) is 11.4 Å². The number of aliphatic hydroxyl groups excluding tert-OH is 1. The van der Waals surface area contributed by atoms with Gasteiger partial charge in [-0.1, -0.05) is 95.6 Å². The molecule has 4 rings (SSSR count). The lowest BCUT2D eigenvalue weighted by Crippen LogP contribution is -2.22. The summed E-state index contributed by atoms with van der Waals surface area (Å²) < 4.78 is 0. The van der Waals surface area contributed by atoms with Crippen molar-refractivity contribution in [2.24, 2.45) is 0 Å². The van der Waals surface area contributed by atoms with Gasteiger partial charge < -0.3 is 10.4 Å². The molecule has 162 valence electrons. The van der Waals surface area contributed by atoms with E-state index in [4.69, 9.17) is 28.2 Å². The molecule has 4 aromatic rings. The molecule has 0 fully saturated rings. The Kier molecular flexibility index (Phi) is 7.60. The van der Waals surface area contributed by atoms with E-state index in [1.807, 2.05) is 66.7 Å². The molecule has 0 radical (unpaired) electrons. The van der Waals surface area contributed by atoms with Crippen LogP contribution in [-0.4, -0.2) is 38.7 Å². The minimum atomic E-state index is -0.618. The molecule has 1 heterocycles. The van der Waals surface area contributed by atoms with Crippen molar-refractivity contribution in [2.75, 3.05) is 17.6 Å². The summed E-state index contributed by atoms with van der Waals surface area (Å²) in [5.74, 6) is 0.412. The van der Waals surface area contributed by atoms with Crippen molar-refractivity contribution in [3.05, 3.63) is 88.9 Å². The average molecular weight is 483 g/mol. The molecule has 0 aliphatic heterocycles. The number of hydrogen-bond donors (Lipinski definition) is 2. The van der Waals surface area contributed by atoms with Crippen molar-refractivity contribution in [3.63, 3.8) is 0 Å². The number of benzene rings is 3. The number of rotatable bonds is 8. The van der Waals surface area contributed by atoms with Crippen molar-refractivity contribution in [1.29, 1.82) is 0 Å². The first-order valence-electron chi connectivity index (χ1n) is 9.95. The third kappa shape index (κ3) is 5.78. The first kappa shape index (κ1) is 22.6. The van der Waals surface area contributed by atoms with E-state index in [0.717, 1.165) is 28.2 Å². The second kappa shape index (κ2) is 10.8. The molecule has 0 aliphatic rings. The molecular formula is C24H20Cl2N4OS. The van der Waals surface area contributed by atoms with Gasteiger partial charge in [-0.3, -0.25) is 0 Å². The fourth-order valence-electron chi connectivity index (χ4n) is 3.03. The van der Waals surface area contributed by atoms with Crippen LogP contribution in [0.5, 0.6) is 0 Å². The van der Waals surface area contributed by atoms with Crippen molar-refractivity contribution in [1.82, 2.24) is 15.2 Å². The summed E-state index contributed by atoms with van der Waals surface area (Å²) in [5, 5.41) is 23.8. The van der Waals surface area contributed by atoms with E-state index in [1.54, 1.807) is 12.1 Å². The standard InChI is InChI=1S/C24H20Cl2N4OS/c25-20-12-11-18(13-21(20)26)27-14-19(31)15-32-24-28-22(16-7-3-1-4-8-16)23(29-30-24)17-9-5-2-6-10-17/h1-13,19,27,31H,14-15H2. The highest BCUT2D eigenvalue weighted by Gasteiger charge is 2.15. The van der Waals surface area contributed by atoms with Crippen LogP contribution in [0.2, 0.25) is 10.0 Å². The Morgan fingerprint density at radius 1 is 0.812 bits per heavy atom. The molecule has 32 heavy (non-hydrogen) atoms. The van der Waals surface area contributed by atoms with Gasteiger partial charge in [-0.15, -0.1) is 10.2 Å². The number of nitrogens with one attached hydrogen (secondary N) is 1. The molecular weight excluding hydrogens is 463 g/mol. The molecule has 0 spiro atoms. The Labute approximate surface area is 200 Å². The van der Waals surface area contributed by atoms with Crippen LogP contribution in [0.25, 0.3) is 22.5 Å². The maximum atomic E-state index is 10.4. The van der Waals surface area contributed by atoms with Gasteiger partial charge in [0.25, 0.3) is 0 Å². The van der Waals surface area contributed by atoms with Gasteiger partial charge in [0.15, 0.2) is 0 Å². The highest BCUT2D eigenvalue weighted by molar-refractivity contribution is 7.99. The highest BCUT2D eigenvalue weighted by atomic mass is 35.5. The lowest BCUT2D eigenvalue weighted by Gasteiger charge is -2.13. The van der Waals surface area contributed by atoms with E-state index in [1.165, 1.54) is 11.8 Å². The molecule has 8 heteroatoms. The van der Waals surface area contributed by atoms with Crippen LogP contribution < -0.4 is 5.32 Å².